The molecule has 0 aliphatic heterocycles. The maximum Gasteiger partial charge on any atom is 0.248 e. The predicted octanol–water partition coefficient (Wildman–Crippen LogP) is 5.66. The first-order valence-electron chi connectivity index (χ1n) is 14.2. The summed E-state index contributed by atoms with van der Waals surface area (Å²) in [7, 11) is 3.87. The van der Waals surface area contributed by atoms with Crippen molar-refractivity contribution in [2.45, 2.75) is 26.8 Å². The fraction of sp³-hybridized carbons (Fsp3) is 0.242. The number of hydrogen-bond donors (Lipinski definition) is 2. The Labute approximate surface area is 250 Å². The second-order valence-electron chi connectivity index (χ2n) is 10.3. The van der Waals surface area contributed by atoms with E-state index >= 15 is 0 Å². The largest absolute Gasteiger partial charge is 0.492 e. The van der Waals surface area contributed by atoms with E-state index in [2.05, 4.69) is 21.7 Å². The number of nitrogens with one attached hydrogen (secondary N) is 2. The minimum absolute atomic E-state index is 0.274. The Morgan fingerprint density at radius 2 is 2.02 bits per heavy atom. The Morgan fingerprint density at radius 1 is 1.16 bits per heavy atom. The Kier molecular flexibility index (Phi) is 8.93. The predicted molar refractivity (Wildman–Crippen MR) is 170 cm³/mol. The summed E-state index contributed by atoms with van der Waals surface area (Å²) in [4.78, 5) is 23.7. The van der Waals surface area contributed by atoms with Crippen molar-refractivity contribution in [3.63, 3.8) is 0 Å². The van der Waals surface area contributed by atoms with Crippen LogP contribution in [0.1, 0.15) is 30.7 Å². The van der Waals surface area contributed by atoms with Gasteiger partial charge < -0.3 is 20.3 Å². The van der Waals surface area contributed by atoms with Gasteiger partial charge in [0.25, 0.3) is 0 Å². The molecule has 1 amide bonds. The molecule has 0 saturated heterocycles. The number of likely N-dealkylation sites (N-methyl/N-ethyl adjacent to an activating group) is 1. The number of fused-ring (bicyclic) bond motifs is 2. The van der Waals surface area contributed by atoms with Crippen LogP contribution in [-0.4, -0.2) is 57.8 Å². The van der Waals surface area contributed by atoms with Crippen LogP contribution in [-0.2, 0) is 17.8 Å². The number of anilines is 3. The van der Waals surface area contributed by atoms with E-state index < -0.39 is 0 Å². The molecule has 10 heteroatoms. The molecular weight excluding hydrogens is 540 g/mol. The molecule has 0 aliphatic carbocycles. The first-order chi connectivity index (χ1) is 20.9. The zero-order valence-electron chi connectivity index (χ0n) is 24.8. The van der Waals surface area contributed by atoms with Crippen molar-refractivity contribution < 1.29 is 9.53 Å². The molecule has 3 heterocycles. The molecule has 0 aliphatic rings. The topological polar surface area (TPSA) is 121 Å². The molecule has 0 bridgehead atoms. The molecule has 0 fully saturated rings. The Hall–Kier alpha value is -5.27. The number of carbonyl (C=O) groups is 1. The molecular formula is C33H34N8O2. The summed E-state index contributed by atoms with van der Waals surface area (Å²) in [5.74, 6) is 0.237. The lowest BCUT2D eigenvalue weighted by Crippen LogP contribution is -2.13. The molecule has 2 aromatic carbocycles. The molecule has 0 unspecified atom stereocenters. The van der Waals surface area contributed by atoms with Gasteiger partial charge in [-0.25, -0.2) is 0 Å². The van der Waals surface area contributed by atoms with E-state index in [1.165, 1.54) is 6.08 Å². The fourth-order valence-electron chi connectivity index (χ4n) is 4.82. The molecule has 3 aromatic heterocycles. The van der Waals surface area contributed by atoms with Gasteiger partial charge in [-0.15, -0.1) is 0 Å². The highest BCUT2D eigenvalue weighted by molar-refractivity contribution is 6.05. The minimum atomic E-state index is -0.274. The molecule has 0 atom stereocenters. The van der Waals surface area contributed by atoms with Gasteiger partial charge in [0.1, 0.15) is 11.8 Å². The maximum atomic E-state index is 12.8. The summed E-state index contributed by atoms with van der Waals surface area (Å²) in [5.41, 5.74) is 5.62. The van der Waals surface area contributed by atoms with Crippen molar-refractivity contribution in [1.82, 2.24) is 24.6 Å². The van der Waals surface area contributed by atoms with Crippen molar-refractivity contribution in [3.8, 4) is 11.8 Å². The van der Waals surface area contributed by atoms with E-state index in [9.17, 15) is 10.1 Å². The number of hydrogen-bond acceptors (Lipinski definition) is 8. The highest BCUT2D eigenvalue weighted by Gasteiger charge is 2.19. The van der Waals surface area contributed by atoms with Gasteiger partial charge in [0.2, 0.25) is 5.91 Å². The number of pyridine rings is 2. The van der Waals surface area contributed by atoms with Crippen molar-refractivity contribution in [3.05, 3.63) is 90.0 Å². The van der Waals surface area contributed by atoms with Crippen molar-refractivity contribution in [1.29, 1.82) is 5.26 Å². The van der Waals surface area contributed by atoms with Gasteiger partial charge in [-0.2, -0.15) is 10.4 Å². The van der Waals surface area contributed by atoms with Crippen LogP contribution in [0.5, 0.6) is 5.75 Å². The smallest absolute Gasteiger partial charge is 0.248 e. The van der Waals surface area contributed by atoms with E-state index in [4.69, 9.17) is 14.8 Å². The highest BCUT2D eigenvalue weighted by atomic mass is 16.5. The third kappa shape index (κ3) is 6.80. The molecule has 5 aromatic rings. The third-order valence-corrected chi connectivity index (χ3v) is 6.79. The molecule has 0 saturated carbocycles. The van der Waals surface area contributed by atoms with Crippen LogP contribution in [0.2, 0.25) is 0 Å². The molecule has 2 N–H and O–H groups in total. The van der Waals surface area contributed by atoms with E-state index in [-0.39, 0.29) is 5.91 Å². The lowest BCUT2D eigenvalue weighted by atomic mass is 10.0. The number of amides is 1. The van der Waals surface area contributed by atoms with Crippen LogP contribution < -0.4 is 15.4 Å². The summed E-state index contributed by atoms with van der Waals surface area (Å²) in [6, 6.07) is 15.8. The van der Waals surface area contributed by atoms with E-state index in [1.807, 2.05) is 92.4 Å². The van der Waals surface area contributed by atoms with E-state index in [0.29, 0.717) is 65.4 Å². The minimum Gasteiger partial charge on any atom is -0.492 e. The summed E-state index contributed by atoms with van der Waals surface area (Å²) in [6.45, 7) is 5.53. The zero-order valence-corrected chi connectivity index (χ0v) is 24.8. The van der Waals surface area contributed by atoms with Crippen LogP contribution in [0.25, 0.3) is 21.8 Å². The standard InChI is InChI=1S/C33H34N8O2/c1-5-27-26(18-34)33(36-24-11-12-28-23(15-24)21-41(39-28)20-22-9-7-13-35-19-22)25-16-30(31(43-6-2)17-29(25)37-27)38-32(42)10-8-14-40(3)4/h7-13,15-17,19,21H,5-6,14,20H2,1-4H3,(H,36,37)(H,38,42)/b10-8+. The molecule has 0 radical (unpaired) electrons. The van der Waals surface area contributed by atoms with Gasteiger partial charge in [-0.1, -0.05) is 19.1 Å². The lowest BCUT2D eigenvalue weighted by Gasteiger charge is -2.17. The molecule has 43 heavy (non-hydrogen) atoms. The van der Waals surface area contributed by atoms with E-state index in [1.54, 1.807) is 12.3 Å². The lowest BCUT2D eigenvalue weighted by molar-refractivity contribution is -0.111. The van der Waals surface area contributed by atoms with Crippen LogP contribution >= 0.6 is 0 Å². The van der Waals surface area contributed by atoms with Crippen LogP contribution in [0.15, 0.2) is 73.2 Å². The summed E-state index contributed by atoms with van der Waals surface area (Å²) in [5, 5.41) is 23.0. The quantitative estimate of drug-likeness (QED) is 0.194. The Morgan fingerprint density at radius 3 is 2.74 bits per heavy atom. The van der Waals surface area contributed by atoms with Crippen LogP contribution in [0, 0.1) is 11.3 Å². The monoisotopic (exact) mass is 574 g/mol. The highest BCUT2D eigenvalue weighted by Crippen LogP contribution is 2.38. The molecule has 0 spiro atoms. The van der Waals surface area contributed by atoms with Gasteiger partial charge in [0, 0.05) is 53.7 Å². The third-order valence-electron chi connectivity index (χ3n) is 6.79. The van der Waals surface area contributed by atoms with Gasteiger partial charge in [-0.05, 0) is 63.3 Å². The number of aryl methyl sites for hydroxylation is 1. The van der Waals surface area contributed by atoms with Crippen LogP contribution in [0.4, 0.5) is 17.1 Å². The number of ether oxygens (including phenoxy) is 1. The van der Waals surface area contributed by atoms with Crippen molar-refractivity contribution >= 4 is 44.8 Å². The normalized spacial score (nSPS) is 11.3. The van der Waals surface area contributed by atoms with Gasteiger partial charge in [0.05, 0.1) is 46.8 Å². The average Bonchev–Trinajstić information content (AvgIpc) is 3.39. The second-order valence-corrected chi connectivity index (χ2v) is 10.3. The zero-order chi connectivity index (χ0) is 30.3. The number of nitrogens with zero attached hydrogens (tertiary/aromatic N) is 6. The first-order valence-corrected chi connectivity index (χ1v) is 14.2. The van der Waals surface area contributed by atoms with Gasteiger partial charge in [0.15, 0.2) is 0 Å². The van der Waals surface area contributed by atoms with E-state index in [0.717, 1.165) is 22.2 Å². The Bertz CT molecular complexity index is 1840. The SMILES string of the molecule is CCOc1cc2nc(CC)c(C#N)c(Nc3ccc4nn(Cc5cccnc5)cc4c3)c2cc1NC(=O)/C=C/CN(C)C. The second kappa shape index (κ2) is 13.1. The number of rotatable bonds is 11. The van der Waals surface area contributed by atoms with Crippen LogP contribution in [0.3, 0.4) is 0 Å². The number of benzene rings is 2. The van der Waals surface area contributed by atoms with Gasteiger partial charge >= 0.3 is 0 Å². The number of nitriles is 1. The molecule has 10 nitrogen and oxygen atoms in total. The molecule has 5 rings (SSSR count). The number of carbonyl (C=O) groups excluding carboxylic acids is 1. The summed E-state index contributed by atoms with van der Waals surface area (Å²) >= 11 is 0. The van der Waals surface area contributed by atoms with Crippen molar-refractivity contribution in [2.75, 3.05) is 37.9 Å². The average molecular weight is 575 g/mol. The maximum absolute atomic E-state index is 12.8. The first kappa shape index (κ1) is 29.2. The fourth-order valence-corrected chi connectivity index (χ4v) is 4.82. The van der Waals surface area contributed by atoms with Gasteiger partial charge in [-0.3, -0.25) is 19.4 Å². The summed E-state index contributed by atoms with van der Waals surface area (Å²) < 4.78 is 7.77. The summed E-state index contributed by atoms with van der Waals surface area (Å²) in [6.07, 6.45) is 9.45. The number of aromatic nitrogens is 4. The van der Waals surface area contributed by atoms with Crippen molar-refractivity contribution in [2.24, 2.45) is 0 Å². The Balaban J connectivity index is 1.54. The molecule has 218 valence electrons.